The first-order chi connectivity index (χ1) is 26.8. The lowest BCUT2D eigenvalue weighted by Gasteiger charge is -2.09. The van der Waals surface area contributed by atoms with Crippen molar-refractivity contribution in [3.05, 3.63) is 156 Å². The van der Waals surface area contributed by atoms with Crippen LogP contribution in [-0.4, -0.2) is 43.7 Å². The van der Waals surface area contributed by atoms with Gasteiger partial charge in [-0.2, -0.15) is 0 Å². The van der Waals surface area contributed by atoms with Gasteiger partial charge >= 0.3 is 23.9 Å². The molecule has 0 aliphatic carbocycles. The van der Waals surface area contributed by atoms with Crippen molar-refractivity contribution in [2.45, 2.75) is 32.6 Å². The highest BCUT2D eigenvalue weighted by molar-refractivity contribution is 5.94. The Morgan fingerprint density at radius 2 is 0.691 bits per heavy atom. The van der Waals surface area contributed by atoms with Crippen molar-refractivity contribution >= 4 is 23.9 Å². The Morgan fingerprint density at radius 1 is 0.418 bits per heavy atom. The number of carbonyl (C=O) groups is 4. The molecule has 0 N–H and O–H groups in total. The highest BCUT2D eigenvalue weighted by Gasteiger charge is 2.15. The van der Waals surface area contributed by atoms with Crippen LogP contribution in [0.3, 0.4) is 0 Å². The van der Waals surface area contributed by atoms with Gasteiger partial charge in [-0.15, -0.1) is 0 Å². The molecule has 0 unspecified atom stereocenters. The number of esters is 4. The average molecular weight is 745 g/mol. The molecule has 11 nitrogen and oxygen atoms in total. The van der Waals surface area contributed by atoms with Crippen molar-refractivity contribution in [2.24, 2.45) is 0 Å². The van der Waals surface area contributed by atoms with Crippen LogP contribution in [0, 0.1) is 0 Å². The summed E-state index contributed by atoms with van der Waals surface area (Å²) in [5.74, 6) is -0.0540. The second kappa shape index (κ2) is 20.4. The second-order valence-corrected chi connectivity index (χ2v) is 11.9. The maximum atomic E-state index is 12.8. The smallest absolute Gasteiger partial charge is 0.343 e. The monoisotopic (exact) mass is 744 g/mol. The van der Waals surface area contributed by atoms with Gasteiger partial charge in [-0.3, -0.25) is 0 Å². The highest BCUT2D eigenvalue weighted by atomic mass is 16.5. The molecule has 0 amide bonds. The van der Waals surface area contributed by atoms with Crippen molar-refractivity contribution in [2.75, 3.05) is 19.8 Å². The summed E-state index contributed by atoms with van der Waals surface area (Å²) in [6.45, 7) is 7.31. The molecule has 0 aromatic heterocycles. The SMILES string of the molecule is C=COCCCCOc1ccc(C(=O)Oc2ccc(C(=O)Oc3ccc(C(=O)Oc4ccc(C(=O)Oc5ccc(OCCCC)cc5)cc4)cc3)cc2)cc1. The van der Waals surface area contributed by atoms with Crippen molar-refractivity contribution < 1.29 is 52.3 Å². The van der Waals surface area contributed by atoms with E-state index in [1.807, 2.05) is 0 Å². The Labute approximate surface area is 319 Å². The molecule has 0 spiro atoms. The number of ether oxygens (including phenoxy) is 7. The van der Waals surface area contributed by atoms with Gasteiger partial charge in [0.15, 0.2) is 0 Å². The first-order valence-electron chi connectivity index (χ1n) is 17.7. The maximum absolute atomic E-state index is 12.8. The molecule has 11 heteroatoms. The third-order valence-electron chi connectivity index (χ3n) is 7.84. The van der Waals surface area contributed by atoms with Crippen molar-refractivity contribution in [1.29, 1.82) is 0 Å². The number of hydrogen-bond donors (Lipinski definition) is 0. The molecular weight excluding hydrogens is 704 g/mol. The molecule has 0 radical (unpaired) electrons. The minimum Gasteiger partial charge on any atom is -0.502 e. The maximum Gasteiger partial charge on any atom is 0.343 e. The number of benzene rings is 5. The minimum atomic E-state index is -0.649. The van der Waals surface area contributed by atoms with Crippen molar-refractivity contribution in [3.63, 3.8) is 0 Å². The Bertz CT molecular complexity index is 2020. The zero-order valence-electron chi connectivity index (χ0n) is 30.3. The van der Waals surface area contributed by atoms with Crippen LogP contribution in [0.5, 0.6) is 34.5 Å². The van der Waals surface area contributed by atoms with E-state index in [-0.39, 0.29) is 33.9 Å². The molecule has 5 rings (SSSR count). The average Bonchev–Trinajstić information content (AvgIpc) is 3.21. The van der Waals surface area contributed by atoms with E-state index in [2.05, 4.69) is 13.5 Å². The standard InChI is InChI=1S/C44H40O11/c1-3-5-29-50-36-24-26-40(27-25-36)55-44(48)34-14-22-39(23-15-34)54-43(47)33-12-20-38(21-13-33)53-42(46)32-10-18-37(19-11-32)52-41(45)31-8-16-35(17-9-31)51-30-7-6-28-49-4-2/h4,8-27H,2-3,5-7,28-30H2,1H3. The van der Waals surface area contributed by atoms with Gasteiger partial charge in [-0.05, 0) is 141 Å². The topological polar surface area (TPSA) is 133 Å². The number of rotatable bonds is 19. The molecule has 55 heavy (non-hydrogen) atoms. The van der Waals surface area contributed by atoms with Crippen LogP contribution in [0.4, 0.5) is 0 Å². The molecule has 5 aromatic rings. The Morgan fingerprint density at radius 3 is 1.02 bits per heavy atom. The van der Waals surface area contributed by atoms with E-state index in [1.54, 1.807) is 48.5 Å². The first kappa shape index (κ1) is 39.3. The Kier molecular flexibility index (Phi) is 14.6. The van der Waals surface area contributed by atoms with E-state index < -0.39 is 23.9 Å². The molecule has 0 atom stereocenters. The summed E-state index contributed by atoms with van der Waals surface area (Å²) in [6, 6.07) is 31.1. The van der Waals surface area contributed by atoms with Crippen LogP contribution in [0.2, 0.25) is 0 Å². The summed E-state index contributed by atoms with van der Waals surface area (Å²) < 4.78 is 38.1. The van der Waals surface area contributed by atoms with Crippen molar-refractivity contribution in [3.8, 4) is 34.5 Å². The summed E-state index contributed by atoms with van der Waals surface area (Å²) >= 11 is 0. The van der Waals surface area contributed by atoms with Gasteiger partial charge < -0.3 is 33.2 Å². The fourth-order valence-electron chi connectivity index (χ4n) is 4.83. The van der Waals surface area contributed by atoms with E-state index in [9.17, 15) is 19.2 Å². The fraction of sp³-hybridized carbons (Fsp3) is 0.182. The molecule has 282 valence electrons. The summed E-state index contributed by atoms with van der Waals surface area (Å²) in [4.78, 5) is 50.7. The van der Waals surface area contributed by atoms with Crippen LogP contribution in [-0.2, 0) is 4.74 Å². The summed E-state index contributed by atoms with van der Waals surface area (Å²) in [5, 5.41) is 0. The van der Waals surface area contributed by atoms with E-state index in [0.29, 0.717) is 42.6 Å². The number of carbonyl (C=O) groups excluding carboxylic acids is 4. The van der Waals surface area contributed by atoms with E-state index in [1.165, 1.54) is 79.1 Å². The fourth-order valence-corrected chi connectivity index (χ4v) is 4.83. The minimum absolute atomic E-state index is 0.202. The van der Waals surface area contributed by atoms with Gasteiger partial charge in [-0.25, -0.2) is 19.2 Å². The summed E-state index contributed by atoms with van der Waals surface area (Å²) in [5.41, 5.74) is 1.04. The number of unbranched alkanes of at least 4 members (excludes halogenated alkanes) is 2. The van der Waals surface area contributed by atoms with Gasteiger partial charge in [0, 0.05) is 0 Å². The lowest BCUT2D eigenvalue weighted by atomic mass is 10.2. The second-order valence-electron chi connectivity index (χ2n) is 11.9. The largest absolute Gasteiger partial charge is 0.502 e. The lowest BCUT2D eigenvalue weighted by Crippen LogP contribution is -2.11. The zero-order valence-corrected chi connectivity index (χ0v) is 30.3. The Hall–Kier alpha value is -6.88. The van der Waals surface area contributed by atoms with E-state index in [4.69, 9.17) is 33.2 Å². The molecule has 0 fully saturated rings. The van der Waals surface area contributed by atoms with Crippen LogP contribution >= 0.6 is 0 Å². The van der Waals surface area contributed by atoms with E-state index in [0.717, 1.165) is 25.7 Å². The highest BCUT2D eigenvalue weighted by Crippen LogP contribution is 2.22. The van der Waals surface area contributed by atoms with Gasteiger partial charge in [-0.1, -0.05) is 19.9 Å². The zero-order chi connectivity index (χ0) is 38.8. The first-order valence-corrected chi connectivity index (χ1v) is 17.7. The lowest BCUT2D eigenvalue weighted by molar-refractivity contribution is 0.0722. The molecule has 0 aliphatic rings. The van der Waals surface area contributed by atoms with Gasteiger partial charge in [0.2, 0.25) is 0 Å². The third kappa shape index (κ3) is 12.4. The summed E-state index contributed by atoms with van der Waals surface area (Å²) in [7, 11) is 0. The quantitative estimate of drug-likeness (QED) is 0.0347. The Balaban J connectivity index is 1.05. The van der Waals surface area contributed by atoms with Gasteiger partial charge in [0.1, 0.15) is 34.5 Å². The number of hydrogen-bond acceptors (Lipinski definition) is 11. The van der Waals surface area contributed by atoms with Crippen LogP contribution in [0.1, 0.15) is 74.0 Å². The van der Waals surface area contributed by atoms with Crippen LogP contribution < -0.4 is 28.4 Å². The molecular formula is C44H40O11. The normalized spacial score (nSPS) is 10.4. The molecule has 0 saturated heterocycles. The molecule has 5 aromatic carbocycles. The third-order valence-corrected chi connectivity index (χ3v) is 7.84. The van der Waals surface area contributed by atoms with Crippen LogP contribution in [0.25, 0.3) is 0 Å². The van der Waals surface area contributed by atoms with Gasteiger partial charge in [0.25, 0.3) is 0 Å². The summed E-state index contributed by atoms with van der Waals surface area (Å²) in [6.07, 6.45) is 5.06. The molecule has 0 aliphatic heterocycles. The predicted octanol–water partition coefficient (Wildman–Crippen LogP) is 9.06. The molecule has 0 saturated carbocycles. The van der Waals surface area contributed by atoms with E-state index >= 15 is 0 Å². The predicted molar refractivity (Wildman–Crippen MR) is 203 cm³/mol. The van der Waals surface area contributed by atoms with Crippen LogP contribution in [0.15, 0.2) is 134 Å². The van der Waals surface area contributed by atoms with Crippen molar-refractivity contribution in [1.82, 2.24) is 0 Å². The van der Waals surface area contributed by atoms with Gasteiger partial charge in [0.05, 0.1) is 48.3 Å². The molecule has 0 bridgehead atoms. The molecule has 0 heterocycles.